The number of aryl methyl sites for hydroxylation is 1. The lowest BCUT2D eigenvalue weighted by atomic mass is 9.96. The predicted molar refractivity (Wildman–Crippen MR) is 131 cm³/mol. The van der Waals surface area contributed by atoms with E-state index >= 15 is 0 Å². The van der Waals surface area contributed by atoms with Crippen LogP contribution < -0.4 is 16.0 Å². The number of benzene rings is 2. The highest BCUT2D eigenvalue weighted by Crippen LogP contribution is 2.39. The number of amides is 2. The SMILES string of the molecule is Cc1[nH]c(/C=C2\C(=O)Nc3ccccc32)c(-c2ccccc2O)c1C(=O)NCCNC(C)C. The minimum absolute atomic E-state index is 0.0583. The number of phenolic OH excluding ortho intramolecular Hbond substituents is 1. The fourth-order valence-corrected chi connectivity index (χ4v) is 4.06. The second-order valence-corrected chi connectivity index (χ2v) is 8.35. The summed E-state index contributed by atoms with van der Waals surface area (Å²) < 4.78 is 0. The fourth-order valence-electron chi connectivity index (χ4n) is 4.06. The van der Waals surface area contributed by atoms with Gasteiger partial charge in [0.25, 0.3) is 11.8 Å². The standard InChI is InChI=1S/C26H28N4O3/c1-15(2)27-12-13-28-26(33)23-16(3)29-21(24(23)18-9-5-7-11-22(18)31)14-19-17-8-4-6-10-20(17)30-25(19)32/h4-11,14-15,27,29,31H,12-13H2,1-3H3,(H,28,33)(H,30,32)/b19-14-. The smallest absolute Gasteiger partial charge is 0.256 e. The van der Waals surface area contributed by atoms with Gasteiger partial charge >= 0.3 is 0 Å². The molecule has 2 amide bonds. The van der Waals surface area contributed by atoms with Crippen molar-refractivity contribution in [2.45, 2.75) is 26.8 Å². The van der Waals surface area contributed by atoms with E-state index in [9.17, 15) is 14.7 Å². The summed E-state index contributed by atoms with van der Waals surface area (Å²) in [4.78, 5) is 29.1. The molecule has 33 heavy (non-hydrogen) atoms. The van der Waals surface area contributed by atoms with Crippen LogP contribution in [0.3, 0.4) is 0 Å². The quantitative estimate of drug-likeness (QED) is 0.281. The van der Waals surface area contributed by atoms with Crippen LogP contribution >= 0.6 is 0 Å². The first-order chi connectivity index (χ1) is 15.9. The number of hydrogen-bond donors (Lipinski definition) is 5. The van der Waals surface area contributed by atoms with E-state index in [-0.39, 0.29) is 17.6 Å². The van der Waals surface area contributed by atoms with E-state index in [0.29, 0.717) is 52.8 Å². The average molecular weight is 445 g/mol. The van der Waals surface area contributed by atoms with Crippen molar-refractivity contribution in [2.75, 3.05) is 18.4 Å². The van der Waals surface area contributed by atoms with Gasteiger partial charge in [-0.15, -0.1) is 0 Å². The van der Waals surface area contributed by atoms with Gasteiger partial charge in [-0.1, -0.05) is 50.2 Å². The molecule has 1 aliphatic rings. The van der Waals surface area contributed by atoms with Gasteiger partial charge < -0.3 is 26.0 Å². The molecule has 4 rings (SSSR count). The summed E-state index contributed by atoms with van der Waals surface area (Å²) >= 11 is 0. The van der Waals surface area contributed by atoms with Crippen molar-refractivity contribution in [3.63, 3.8) is 0 Å². The van der Waals surface area contributed by atoms with Crippen LogP contribution in [0.1, 0.15) is 41.2 Å². The van der Waals surface area contributed by atoms with Crippen LogP contribution in [0.5, 0.6) is 5.75 Å². The molecular weight excluding hydrogens is 416 g/mol. The summed E-state index contributed by atoms with van der Waals surface area (Å²) in [5, 5.41) is 19.7. The number of rotatable bonds is 7. The first-order valence-corrected chi connectivity index (χ1v) is 11.0. The molecular formula is C26H28N4O3. The summed E-state index contributed by atoms with van der Waals surface area (Å²) in [7, 11) is 0. The first kappa shape index (κ1) is 22.4. The lowest BCUT2D eigenvalue weighted by molar-refractivity contribution is -0.110. The predicted octanol–water partition coefficient (Wildman–Crippen LogP) is 3.92. The maximum atomic E-state index is 13.2. The molecule has 0 fully saturated rings. The zero-order chi connectivity index (χ0) is 23.5. The second kappa shape index (κ2) is 9.34. The van der Waals surface area contributed by atoms with Crippen LogP contribution in [0.15, 0.2) is 48.5 Å². The molecule has 0 unspecified atom stereocenters. The number of nitrogens with one attached hydrogen (secondary N) is 4. The maximum absolute atomic E-state index is 13.2. The zero-order valence-electron chi connectivity index (χ0n) is 19.0. The molecule has 0 aliphatic carbocycles. The number of aromatic hydroxyl groups is 1. The van der Waals surface area contributed by atoms with Gasteiger partial charge in [0.05, 0.1) is 11.1 Å². The lowest BCUT2D eigenvalue weighted by Gasteiger charge is -2.11. The van der Waals surface area contributed by atoms with Gasteiger partial charge in [-0.2, -0.15) is 0 Å². The van der Waals surface area contributed by atoms with Gasteiger partial charge in [-0.05, 0) is 25.1 Å². The third-order valence-electron chi connectivity index (χ3n) is 5.58. The third kappa shape index (κ3) is 4.54. The molecule has 0 saturated heterocycles. The molecule has 2 heterocycles. The Hall–Kier alpha value is -3.84. The van der Waals surface area contributed by atoms with Crippen molar-refractivity contribution in [3.8, 4) is 16.9 Å². The minimum Gasteiger partial charge on any atom is -0.507 e. The van der Waals surface area contributed by atoms with Gasteiger partial charge in [0.15, 0.2) is 0 Å². The Kier molecular flexibility index (Phi) is 6.33. The first-order valence-electron chi connectivity index (χ1n) is 11.0. The van der Waals surface area contributed by atoms with Crippen LogP contribution in [-0.4, -0.2) is 41.0 Å². The van der Waals surface area contributed by atoms with E-state index in [1.807, 2.05) is 45.0 Å². The highest BCUT2D eigenvalue weighted by atomic mass is 16.3. The maximum Gasteiger partial charge on any atom is 0.256 e. The van der Waals surface area contributed by atoms with Crippen LogP contribution in [0.25, 0.3) is 22.8 Å². The highest BCUT2D eigenvalue weighted by molar-refractivity contribution is 6.35. The van der Waals surface area contributed by atoms with Crippen molar-refractivity contribution in [2.24, 2.45) is 0 Å². The van der Waals surface area contributed by atoms with Gasteiger partial charge in [-0.3, -0.25) is 9.59 Å². The number of hydrogen-bond acceptors (Lipinski definition) is 4. The van der Waals surface area contributed by atoms with Gasteiger partial charge in [0.2, 0.25) is 0 Å². The summed E-state index contributed by atoms with van der Waals surface area (Å²) in [5.74, 6) is -0.395. The van der Waals surface area contributed by atoms with Crippen LogP contribution in [0.4, 0.5) is 5.69 Å². The number of anilines is 1. The molecule has 3 aromatic rings. The van der Waals surface area contributed by atoms with E-state index in [2.05, 4.69) is 20.9 Å². The van der Waals surface area contributed by atoms with Crippen molar-refractivity contribution in [1.82, 2.24) is 15.6 Å². The number of aromatic nitrogens is 1. The van der Waals surface area contributed by atoms with E-state index < -0.39 is 0 Å². The second-order valence-electron chi connectivity index (χ2n) is 8.35. The molecule has 0 bridgehead atoms. The van der Waals surface area contributed by atoms with Gasteiger partial charge in [0, 0.05) is 52.9 Å². The topological polar surface area (TPSA) is 106 Å². The van der Waals surface area contributed by atoms with E-state index in [4.69, 9.17) is 0 Å². The summed E-state index contributed by atoms with van der Waals surface area (Å²) in [5.41, 5.74) is 4.80. The van der Waals surface area contributed by atoms with Crippen molar-refractivity contribution in [1.29, 1.82) is 0 Å². The summed E-state index contributed by atoms with van der Waals surface area (Å²) in [6, 6.07) is 14.7. The number of phenols is 1. The zero-order valence-corrected chi connectivity index (χ0v) is 19.0. The Balaban J connectivity index is 1.79. The number of H-pyrrole nitrogens is 1. The largest absolute Gasteiger partial charge is 0.507 e. The molecule has 0 saturated carbocycles. The van der Waals surface area contributed by atoms with E-state index in [0.717, 1.165) is 11.3 Å². The molecule has 0 atom stereocenters. The Bertz CT molecular complexity index is 1240. The number of carbonyl (C=O) groups excluding carboxylic acids is 2. The van der Waals surface area contributed by atoms with Crippen molar-refractivity contribution < 1.29 is 14.7 Å². The summed E-state index contributed by atoms with van der Waals surface area (Å²) in [6.45, 7) is 7.02. The molecule has 7 nitrogen and oxygen atoms in total. The van der Waals surface area contributed by atoms with Gasteiger partial charge in [0.1, 0.15) is 5.75 Å². The van der Waals surface area contributed by atoms with Crippen LogP contribution in [-0.2, 0) is 4.79 Å². The van der Waals surface area contributed by atoms with E-state index in [1.165, 1.54) is 0 Å². The Morgan fingerprint density at radius 1 is 1.06 bits per heavy atom. The minimum atomic E-state index is -0.242. The summed E-state index contributed by atoms with van der Waals surface area (Å²) in [6.07, 6.45) is 1.74. The number of aromatic amines is 1. The molecule has 1 aliphatic heterocycles. The van der Waals surface area contributed by atoms with Gasteiger partial charge in [-0.25, -0.2) is 0 Å². The average Bonchev–Trinajstić information content (AvgIpc) is 3.27. The van der Waals surface area contributed by atoms with Crippen LogP contribution in [0, 0.1) is 6.92 Å². The molecule has 7 heteroatoms. The fraction of sp³-hybridized carbons (Fsp3) is 0.231. The molecule has 0 radical (unpaired) electrons. The molecule has 170 valence electrons. The molecule has 5 N–H and O–H groups in total. The van der Waals surface area contributed by atoms with E-state index in [1.54, 1.807) is 30.3 Å². The normalized spacial score (nSPS) is 13.9. The Labute approximate surface area is 192 Å². The number of fused-ring (bicyclic) bond motifs is 1. The van der Waals surface area contributed by atoms with Crippen molar-refractivity contribution >= 4 is 29.2 Å². The Morgan fingerprint density at radius 2 is 1.76 bits per heavy atom. The highest BCUT2D eigenvalue weighted by Gasteiger charge is 2.27. The van der Waals surface area contributed by atoms with Crippen molar-refractivity contribution in [3.05, 3.63) is 71.0 Å². The third-order valence-corrected chi connectivity index (χ3v) is 5.58. The molecule has 0 spiro atoms. The monoisotopic (exact) mass is 444 g/mol. The Morgan fingerprint density at radius 3 is 2.48 bits per heavy atom. The molecule has 2 aromatic carbocycles. The number of para-hydroxylation sites is 2. The van der Waals surface area contributed by atoms with Crippen LogP contribution in [0.2, 0.25) is 0 Å². The molecule has 1 aromatic heterocycles. The lowest BCUT2D eigenvalue weighted by Crippen LogP contribution is -2.34. The number of carbonyl (C=O) groups is 2.